The van der Waals surface area contributed by atoms with E-state index in [9.17, 15) is 13.2 Å². The van der Waals surface area contributed by atoms with Crippen LogP contribution in [0, 0.1) is 0 Å². The Morgan fingerprint density at radius 3 is 2.19 bits per heavy atom. The first-order valence-electron chi connectivity index (χ1n) is 8.12. The number of halogens is 3. The normalized spacial score (nSPS) is 12.9. The van der Waals surface area contributed by atoms with Crippen LogP contribution in [0.2, 0.25) is 0 Å². The van der Waals surface area contributed by atoms with E-state index in [0.717, 1.165) is 24.8 Å². The molecule has 0 bridgehead atoms. The second-order valence-electron chi connectivity index (χ2n) is 5.51. The largest absolute Gasteiger partial charge is 0.573 e. The van der Waals surface area contributed by atoms with Gasteiger partial charge in [-0.2, -0.15) is 5.11 Å². The lowest BCUT2D eigenvalue weighted by atomic mass is 10.0. The maximum Gasteiger partial charge on any atom is 0.573 e. The molecule has 2 rings (SSSR count). The Labute approximate surface area is 149 Å². The van der Waals surface area contributed by atoms with Crippen molar-refractivity contribution in [2.45, 2.75) is 31.7 Å². The summed E-state index contributed by atoms with van der Waals surface area (Å²) in [5.41, 5.74) is 0.989. The minimum absolute atomic E-state index is 0.222. The molecular weight excluding hydrogens is 347 g/mol. The third-order valence-electron chi connectivity index (χ3n) is 3.56. The van der Waals surface area contributed by atoms with E-state index in [0.29, 0.717) is 12.3 Å². The SMILES string of the molecule is NN=NCCCC[C@@H](Oc1ccc(OC(F)(F)F)cc1)c1ccccc1. The van der Waals surface area contributed by atoms with Crippen molar-refractivity contribution in [3.8, 4) is 11.5 Å². The lowest BCUT2D eigenvalue weighted by molar-refractivity contribution is -0.274. The fraction of sp³-hybridized carbons (Fsp3) is 0.333. The van der Waals surface area contributed by atoms with E-state index in [1.807, 2.05) is 30.3 Å². The summed E-state index contributed by atoms with van der Waals surface area (Å²) in [4.78, 5) is 0. The highest BCUT2D eigenvalue weighted by Crippen LogP contribution is 2.29. The van der Waals surface area contributed by atoms with Gasteiger partial charge in [0.05, 0.1) is 6.54 Å². The molecule has 140 valence electrons. The lowest BCUT2D eigenvalue weighted by Crippen LogP contribution is -2.17. The summed E-state index contributed by atoms with van der Waals surface area (Å²) >= 11 is 0. The van der Waals surface area contributed by atoms with Gasteiger partial charge >= 0.3 is 6.36 Å². The minimum atomic E-state index is -4.71. The summed E-state index contributed by atoms with van der Waals surface area (Å²) < 4.78 is 46.5. The number of nitrogens with zero attached hydrogens (tertiary/aromatic N) is 2. The summed E-state index contributed by atoms with van der Waals surface area (Å²) in [6, 6.07) is 15.0. The molecule has 0 aliphatic heterocycles. The molecule has 0 radical (unpaired) electrons. The van der Waals surface area contributed by atoms with Crippen LogP contribution >= 0.6 is 0 Å². The standard InChI is InChI=1S/C18H20F3N3O2/c19-18(20,21)26-16-11-9-15(10-12-16)25-17(8-4-5-13-23-24-22)14-6-2-1-3-7-14/h1-3,6-7,9-12,17H,4-5,8,13H2,(H2,22,23)/t17-/m1/s1. The Bertz CT molecular complexity index is 676. The average molecular weight is 367 g/mol. The molecule has 0 aromatic heterocycles. The monoisotopic (exact) mass is 367 g/mol. The highest BCUT2D eigenvalue weighted by Gasteiger charge is 2.31. The van der Waals surface area contributed by atoms with Gasteiger partial charge in [-0.05, 0) is 49.1 Å². The van der Waals surface area contributed by atoms with Crippen molar-refractivity contribution in [1.29, 1.82) is 0 Å². The van der Waals surface area contributed by atoms with Crippen molar-refractivity contribution in [2.24, 2.45) is 16.2 Å². The molecule has 0 saturated heterocycles. The van der Waals surface area contributed by atoms with Gasteiger partial charge in [0, 0.05) is 0 Å². The van der Waals surface area contributed by atoms with Crippen LogP contribution in [-0.4, -0.2) is 12.9 Å². The summed E-state index contributed by atoms with van der Waals surface area (Å²) in [7, 11) is 0. The summed E-state index contributed by atoms with van der Waals surface area (Å²) in [6.45, 7) is 0.543. The fourth-order valence-corrected chi connectivity index (χ4v) is 2.42. The molecule has 0 unspecified atom stereocenters. The number of nitrogens with two attached hydrogens (primary N) is 1. The fourth-order valence-electron chi connectivity index (χ4n) is 2.42. The molecule has 1 atom stereocenters. The first-order chi connectivity index (χ1) is 12.5. The predicted octanol–water partition coefficient (Wildman–Crippen LogP) is 5.20. The van der Waals surface area contributed by atoms with E-state index in [1.165, 1.54) is 24.3 Å². The molecule has 0 saturated carbocycles. The maximum atomic E-state index is 12.2. The molecule has 2 aromatic carbocycles. The lowest BCUT2D eigenvalue weighted by Gasteiger charge is -2.20. The van der Waals surface area contributed by atoms with Crippen LogP contribution in [0.1, 0.15) is 30.9 Å². The zero-order chi connectivity index (χ0) is 18.8. The number of alkyl halides is 3. The summed E-state index contributed by atoms with van der Waals surface area (Å²) in [5, 5.41) is 6.93. The second-order valence-corrected chi connectivity index (χ2v) is 5.51. The molecule has 0 heterocycles. The molecule has 2 N–H and O–H groups in total. The van der Waals surface area contributed by atoms with Gasteiger partial charge in [0.1, 0.15) is 17.6 Å². The highest BCUT2D eigenvalue weighted by molar-refractivity contribution is 5.32. The maximum absolute atomic E-state index is 12.2. The number of rotatable bonds is 9. The molecule has 0 spiro atoms. The van der Waals surface area contributed by atoms with E-state index in [1.54, 1.807) is 0 Å². The zero-order valence-electron chi connectivity index (χ0n) is 14.0. The molecule has 8 heteroatoms. The van der Waals surface area contributed by atoms with Crippen LogP contribution in [0.5, 0.6) is 11.5 Å². The smallest absolute Gasteiger partial charge is 0.486 e. The molecule has 0 aliphatic rings. The van der Waals surface area contributed by atoms with E-state index in [-0.39, 0.29) is 11.9 Å². The minimum Gasteiger partial charge on any atom is -0.486 e. The molecular formula is C18H20F3N3O2. The van der Waals surface area contributed by atoms with Crippen molar-refractivity contribution in [3.05, 3.63) is 60.2 Å². The first kappa shape index (κ1) is 19.6. The summed E-state index contributed by atoms with van der Waals surface area (Å²) in [5.74, 6) is 5.15. The zero-order valence-corrected chi connectivity index (χ0v) is 14.0. The Hall–Kier alpha value is -2.77. The number of ether oxygens (including phenoxy) is 2. The third kappa shape index (κ3) is 7.00. The van der Waals surface area contributed by atoms with Crippen LogP contribution in [0.15, 0.2) is 64.9 Å². The predicted molar refractivity (Wildman–Crippen MR) is 90.7 cm³/mol. The van der Waals surface area contributed by atoms with E-state index < -0.39 is 6.36 Å². The Morgan fingerprint density at radius 1 is 0.923 bits per heavy atom. The molecule has 0 amide bonds. The average Bonchev–Trinajstić information content (AvgIpc) is 2.61. The Kier molecular flexibility index (Phi) is 7.25. The number of benzene rings is 2. The highest BCUT2D eigenvalue weighted by atomic mass is 19.4. The number of hydrogen-bond acceptors (Lipinski definition) is 4. The van der Waals surface area contributed by atoms with Gasteiger partial charge in [-0.3, -0.25) is 0 Å². The van der Waals surface area contributed by atoms with Crippen LogP contribution in [-0.2, 0) is 0 Å². The van der Waals surface area contributed by atoms with Gasteiger partial charge in [-0.15, -0.1) is 13.2 Å². The van der Waals surface area contributed by atoms with Crippen molar-refractivity contribution >= 4 is 0 Å². The van der Waals surface area contributed by atoms with Crippen molar-refractivity contribution < 1.29 is 22.6 Å². The van der Waals surface area contributed by atoms with Gasteiger partial charge in [-0.1, -0.05) is 35.6 Å². The van der Waals surface area contributed by atoms with Gasteiger partial charge < -0.3 is 15.3 Å². The van der Waals surface area contributed by atoms with Crippen molar-refractivity contribution in [1.82, 2.24) is 0 Å². The first-order valence-corrected chi connectivity index (χ1v) is 8.12. The van der Waals surface area contributed by atoms with E-state index in [4.69, 9.17) is 10.6 Å². The number of hydrogen-bond donors (Lipinski definition) is 1. The van der Waals surface area contributed by atoms with Crippen LogP contribution < -0.4 is 15.3 Å². The number of unbranched alkanes of at least 4 members (excludes halogenated alkanes) is 1. The third-order valence-corrected chi connectivity index (χ3v) is 3.56. The van der Waals surface area contributed by atoms with Gasteiger partial charge in [0.25, 0.3) is 0 Å². The molecule has 0 fully saturated rings. The molecule has 2 aromatic rings. The van der Waals surface area contributed by atoms with E-state index in [2.05, 4.69) is 15.1 Å². The van der Waals surface area contributed by atoms with Crippen LogP contribution in [0.3, 0.4) is 0 Å². The molecule has 0 aliphatic carbocycles. The van der Waals surface area contributed by atoms with E-state index >= 15 is 0 Å². The van der Waals surface area contributed by atoms with Crippen molar-refractivity contribution in [3.63, 3.8) is 0 Å². The quantitative estimate of drug-likeness (QED) is 0.287. The van der Waals surface area contributed by atoms with Crippen molar-refractivity contribution in [2.75, 3.05) is 6.54 Å². The topological polar surface area (TPSA) is 69.2 Å². The van der Waals surface area contributed by atoms with Crippen LogP contribution in [0.4, 0.5) is 13.2 Å². The summed E-state index contributed by atoms with van der Waals surface area (Å²) in [6.07, 6.45) is -2.55. The van der Waals surface area contributed by atoms with Gasteiger partial charge in [-0.25, -0.2) is 0 Å². The Balaban J connectivity index is 2.01. The second kappa shape index (κ2) is 9.65. The molecule has 26 heavy (non-hydrogen) atoms. The van der Waals surface area contributed by atoms with Gasteiger partial charge in [0.15, 0.2) is 0 Å². The van der Waals surface area contributed by atoms with Gasteiger partial charge in [0.2, 0.25) is 0 Å². The Morgan fingerprint density at radius 2 is 1.58 bits per heavy atom. The molecule has 5 nitrogen and oxygen atoms in total. The van der Waals surface area contributed by atoms with Crippen LogP contribution in [0.25, 0.3) is 0 Å².